The first-order valence-electron chi connectivity index (χ1n) is 8.73. The molecular formula is C21H20N4O2. The Morgan fingerprint density at radius 2 is 1.96 bits per heavy atom. The molecule has 3 rings (SSSR count). The number of amides is 1. The molecule has 6 heteroatoms. The fraction of sp³-hybridized carbons (Fsp3) is 0.190. The molecule has 0 radical (unpaired) electrons. The normalized spacial score (nSPS) is 11.4. The summed E-state index contributed by atoms with van der Waals surface area (Å²) in [7, 11) is 0. The lowest BCUT2D eigenvalue weighted by molar-refractivity contribution is 0.0996. The van der Waals surface area contributed by atoms with Crippen molar-refractivity contribution in [2.24, 2.45) is 10.7 Å². The number of nitriles is 1. The Bertz CT molecular complexity index is 1110. The van der Waals surface area contributed by atoms with E-state index in [0.29, 0.717) is 16.8 Å². The molecule has 0 aliphatic rings. The first kappa shape index (κ1) is 18.2. The van der Waals surface area contributed by atoms with Gasteiger partial charge in [0, 0.05) is 30.2 Å². The topological polar surface area (TPSA) is 95.6 Å². The molecule has 0 saturated heterocycles. The number of carbonyl (C=O) groups excluding carboxylic acids is 1. The molecule has 1 aromatic heterocycles. The highest BCUT2D eigenvalue weighted by atomic mass is 16.3. The number of nitrogens with two attached hydrogens (primary N) is 1. The van der Waals surface area contributed by atoms with E-state index in [1.165, 1.54) is 0 Å². The van der Waals surface area contributed by atoms with E-state index in [2.05, 4.69) is 29.8 Å². The van der Waals surface area contributed by atoms with Gasteiger partial charge in [-0.1, -0.05) is 6.07 Å². The second-order valence-electron chi connectivity index (χ2n) is 6.00. The van der Waals surface area contributed by atoms with E-state index >= 15 is 0 Å². The minimum Gasteiger partial charge on any atom is -0.437 e. The molecule has 2 N–H and O–H groups in total. The number of benzene rings is 2. The molecule has 0 aliphatic heterocycles. The molecule has 0 aliphatic carbocycles. The predicted molar refractivity (Wildman–Crippen MR) is 105 cm³/mol. The van der Waals surface area contributed by atoms with Crippen molar-refractivity contribution < 1.29 is 9.21 Å². The van der Waals surface area contributed by atoms with E-state index in [9.17, 15) is 4.79 Å². The maximum Gasteiger partial charge on any atom is 0.254 e. The smallest absolute Gasteiger partial charge is 0.254 e. The van der Waals surface area contributed by atoms with Gasteiger partial charge in [0.15, 0.2) is 0 Å². The van der Waals surface area contributed by atoms with Crippen LogP contribution >= 0.6 is 0 Å². The van der Waals surface area contributed by atoms with Gasteiger partial charge in [0.05, 0.1) is 17.3 Å². The van der Waals surface area contributed by atoms with Crippen molar-refractivity contribution in [2.45, 2.75) is 13.8 Å². The number of nitrogens with zero attached hydrogens (tertiary/aromatic N) is 3. The number of carbonyl (C=O) groups is 1. The number of hydrogen-bond acceptors (Lipinski definition) is 5. The fourth-order valence-electron chi connectivity index (χ4n) is 2.91. The first-order chi connectivity index (χ1) is 13.0. The van der Waals surface area contributed by atoms with Gasteiger partial charge >= 0.3 is 0 Å². The maximum atomic E-state index is 11.9. The molecule has 3 aromatic rings. The minimum absolute atomic E-state index is 0.127. The van der Waals surface area contributed by atoms with Crippen LogP contribution in [0.2, 0.25) is 0 Å². The van der Waals surface area contributed by atoms with Gasteiger partial charge in [-0.2, -0.15) is 5.26 Å². The average molecular weight is 360 g/mol. The lowest BCUT2D eigenvalue weighted by Crippen LogP contribution is -2.22. The van der Waals surface area contributed by atoms with Crippen molar-refractivity contribution in [3.8, 4) is 6.07 Å². The zero-order valence-corrected chi connectivity index (χ0v) is 15.3. The molecule has 27 heavy (non-hydrogen) atoms. The second kappa shape index (κ2) is 7.75. The van der Waals surface area contributed by atoms with Crippen molar-refractivity contribution >= 4 is 28.3 Å². The SMILES string of the molecule is CCN(CC)c1ccc2cc(C(N)=O)c(=Nc3cccc(C#N)c3)oc2c1. The highest BCUT2D eigenvalue weighted by Crippen LogP contribution is 2.22. The van der Waals surface area contributed by atoms with Gasteiger partial charge in [-0.05, 0) is 50.2 Å². The van der Waals surface area contributed by atoms with Gasteiger partial charge < -0.3 is 15.1 Å². The van der Waals surface area contributed by atoms with Crippen LogP contribution in [0.25, 0.3) is 11.0 Å². The molecular weight excluding hydrogens is 340 g/mol. The summed E-state index contributed by atoms with van der Waals surface area (Å²) in [6, 6.07) is 16.3. The van der Waals surface area contributed by atoms with E-state index in [1.54, 1.807) is 30.3 Å². The van der Waals surface area contributed by atoms with E-state index in [0.717, 1.165) is 24.2 Å². The lowest BCUT2D eigenvalue weighted by atomic mass is 10.1. The highest BCUT2D eigenvalue weighted by Gasteiger charge is 2.11. The second-order valence-corrected chi connectivity index (χ2v) is 6.00. The molecule has 0 saturated carbocycles. The molecule has 136 valence electrons. The molecule has 1 amide bonds. The monoisotopic (exact) mass is 360 g/mol. The average Bonchev–Trinajstić information content (AvgIpc) is 2.68. The van der Waals surface area contributed by atoms with Gasteiger partial charge in [-0.15, -0.1) is 0 Å². The summed E-state index contributed by atoms with van der Waals surface area (Å²) in [5, 5.41) is 9.82. The summed E-state index contributed by atoms with van der Waals surface area (Å²) in [6.45, 7) is 5.92. The Hall–Kier alpha value is -3.59. The van der Waals surface area contributed by atoms with E-state index in [1.807, 2.05) is 18.2 Å². The molecule has 0 bridgehead atoms. The van der Waals surface area contributed by atoms with Gasteiger partial charge in [0.25, 0.3) is 5.91 Å². The Morgan fingerprint density at radius 3 is 2.63 bits per heavy atom. The Morgan fingerprint density at radius 1 is 1.19 bits per heavy atom. The Kier molecular flexibility index (Phi) is 5.23. The van der Waals surface area contributed by atoms with E-state index < -0.39 is 5.91 Å². The molecule has 1 heterocycles. The number of anilines is 1. The summed E-state index contributed by atoms with van der Waals surface area (Å²) >= 11 is 0. The van der Waals surface area contributed by atoms with Crippen molar-refractivity contribution in [3.63, 3.8) is 0 Å². The van der Waals surface area contributed by atoms with E-state index in [-0.39, 0.29) is 11.1 Å². The van der Waals surface area contributed by atoms with Crippen LogP contribution in [0.5, 0.6) is 0 Å². The molecule has 0 unspecified atom stereocenters. The standard InChI is InChI=1S/C21H20N4O2/c1-3-25(4-2)17-9-8-15-11-18(20(23)26)21(27-19(15)12-17)24-16-7-5-6-14(10-16)13-22/h5-12H,3-4H2,1-2H3,(H2,23,26). The van der Waals surface area contributed by atoms with Crippen LogP contribution in [0, 0.1) is 11.3 Å². The first-order valence-corrected chi connectivity index (χ1v) is 8.73. The zero-order chi connectivity index (χ0) is 19.4. The molecule has 0 atom stereocenters. The number of rotatable bonds is 5. The van der Waals surface area contributed by atoms with E-state index in [4.69, 9.17) is 15.4 Å². The van der Waals surface area contributed by atoms with Crippen LogP contribution in [0.4, 0.5) is 11.4 Å². The van der Waals surface area contributed by atoms with Gasteiger partial charge in [-0.25, -0.2) is 4.99 Å². The Labute approximate surface area is 157 Å². The van der Waals surface area contributed by atoms with Gasteiger partial charge in [0.1, 0.15) is 11.1 Å². The third kappa shape index (κ3) is 3.82. The number of hydrogen-bond donors (Lipinski definition) is 1. The summed E-state index contributed by atoms with van der Waals surface area (Å²) in [6.07, 6.45) is 0. The lowest BCUT2D eigenvalue weighted by Gasteiger charge is -2.21. The Balaban J connectivity index is 2.22. The van der Waals surface area contributed by atoms with Crippen molar-refractivity contribution in [2.75, 3.05) is 18.0 Å². The zero-order valence-electron chi connectivity index (χ0n) is 15.3. The molecule has 0 fully saturated rings. The van der Waals surface area contributed by atoms with Gasteiger partial charge in [0.2, 0.25) is 5.55 Å². The van der Waals surface area contributed by atoms with Crippen LogP contribution in [0.1, 0.15) is 29.8 Å². The van der Waals surface area contributed by atoms with Crippen molar-refractivity contribution in [1.82, 2.24) is 0 Å². The van der Waals surface area contributed by atoms with Crippen molar-refractivity contribution in [3.05, 3.63) is 65.2 Å². The van der Waals surface area contributed by atoms with Crippen molar-refractivity contribution in [1.29, 1.82) is 5.26 Å². The summed E-state index contributed by atoms with van der Waals surface area (Å²) in [5.41, 5.74) is 8.46. The van der Waals surface area contributed by atoms with Crippen LogP contribution in [0.3, 0.4) is 0 Å². The largest absolute Gasteiger partial charge is 0.437 e. The predicted octanol–water partition coefficient (Wildman–Crippen LogP) is 3.48. The van der Waals surface area contributed by atoms with Crippen LogP contribution in [-0.2, 0) is 0 Å². The number of primary amides is 1. The third-order valence-electron chi connectivity index (χ3n) is 4.33. The van der Waals surface area contributed by atoms with Crippen LogP contribution < -0.4 is 16.2 Å². The highest BCUT2D eigenvalue weighted by molar-refractivity contribution is 5.95. The maximum absolute atomic E-state index is 11.9. The summed E-state index contributed by atoms with van der Waals surface area (Å²) in [5.74, 6) is -0.622. The number of fused-ring (bicyclic) bond motifs is 1. The summed E-state index contributed by atoms with van der Waals surface area (Å²) < 4.78 is 5.93. The molecule has 0 spiro atoms. The van der Waals surface area contributed by atoms with Gasteiger partial charge in [-0.3, -0.25) is 4.79 Å². The fourth-order valence-corrected chi connectivity index (χ4v) is 2.91. The minimum atomic E-state index is -0.622. The van der Waals surface area contributed by atoms with Crippen LogP contribution in [0.15, 0.2) is 57.9 Å². The summed E-state index contributed by atoms with van der Waals surface area (Å²) in [4.78, 5) is 18.5. The molecule has 6 nitrogen and oxygen atoms in total. The quantitative estimate of drug-likeness (QED) is 0.753. The van der Waals surface area contributed by atoms with Crippen LogP contribution in [-0.4, -0.2) is 19.0 Å². The molecule has 2 aromatic carbocycles. The third-order valence-corrected chi connectivity index (χ3v) is 4.33.